The van der Waals surface area contributed by atoms with Crippen LogP contribution in [0.2, 0.25) is 5.02 Å². The van der Waals surface area contributed by atoms with Crippen molar-refractivity contribution in [3.8, 4) is 22.9 Å². The molecular formula is C19H19ClN6O4. The van der Waals surface area contributed by atoms with E-state index in [2.05, 4.69) is 26.0 Å². The lowest BCUT2D eigenvalue weighted by Crippen LogP contribution is -2.20. The fourth-order valence-electron chi connectivity index (χ4n) is 2.59. The van der Waals surface area contributed by atoms with Gasteiger partial charge in [-0.25, -0.2) is 0 Å². The molecule has 0 radical (unpaired) electrons. The number of methoxy groups -OCH3 is 2. The minimum Gasteiger partial charge on any atom is -0.497 e. The second kappa shape index (κ2) is 9.23. The van der Waals surface area contributed by atoms with Gasteiger partial charge in [-0.1, -0.05) is 11.6 Å². The summed E-state index contributed by atoms with van der Waals surface area (Å²) in [6.07, 6.45) is 0. The Hall–Kier alpha value is -3.66. The molecule has 156 valence electrons. The van der Waals surface area contributed by atoms with Crippen LogP contribution >= 0.6 is 11.6 Å². The summed E-state index contributed by atoms with van der Waals surface area (Å²) in [4.78, 5) is 24.7. The van der Waals surface area contributed by atoms with E-state index in [0.29, 0.717) is 39.3 Å². The molecule has 0 spiro atoms. The van der Waals surface area contributed by atoms with E-state index < -0.39 is 0 Å². The predicted octanol–water partition coefficient (Wildman–Crippen LogP) is 2.61. The van der Waals surface area contributed by atoms with E-state index in [1.54, 1.807) is 43.5 Å². The number of carbonyl (C=O) groups is 2. The van der Waals surface area contributed by atoms with Crippen molar-refractivity contribution >= 4 is 34.8 Å². The van der Waals surface area contributed by atoms with Crippen LogP contribution in [0.15, 0.2) is 36.4 Å². The first kappa shape index (κ1) is 21.1. The lowest BCUT2D eigenvalue weighted by molar-refractivity contribution is -0.117. The number of tetrazole rings is 1. The van der Waals surface area contributed by atoms with Crippen molar-refractivity contribution in [1.82, 2.24) is 20.2 Å². The Labute approximate surface area is 177 Å². The monoisotopic (exact) mass is 430 g/mol. The smallest absolute Gasteiger partial charge is 0.248 e. The van der Waals surface area contributed by atoms with E-state index >= 15 is 0 Å². The molecule has 0 atom stereocenters. The van der Waals surface area contributed by atoms with Crippen molar-refractivity contribution in [1.29, 1.82) is 0 Å². The fourth-order valence-corrected chi connectivity index (χ4v) is 2.82. The molecule has 0 bridgehead atoms. The molecule has 3 aromatic rings. The van der Waals surface area contributed by atoms with Crippen LogP contribution in [0.3, 0.4) is 0 Å². The van der Waals surface area contributed by atoms with Gasteiger partial charge < -0.3 is 20.1 Å². The number of ether oxygens (including phenoxy) is 2. The summed E-state index contributed by atoms with van der Waals surface area (Å²) in [5, 5.41) is 17.7. The number of anilines is 2. The highest BCUT2D eigenvalue weighted by Gasteiger charge is 2.13. The molecule has 11 heteroatoms. The number of amides is 2. The van der Waals surface area contributed by atoms with Gasteiger partial charge in [-0.2, -0.15) is 4.80 Å². The molecule has 0 saturated heterocycles. The topological polar surface area (TPSA) is 120 Å². The van der Waals surface area contributed by atoms with Gasteiger partial charge in [0.2, 0.25) is 17.6 Å². The molecular weight excluding hydrogens is 412 g/mol. The Bertz CT molecular complexity index is 1080. The van der Waals surface area contributed by atoms with Gasteiger partial charge in [0.05, 0.1) is 30.6 Å². The lowest BCUT2D eigenvalue weighted by Gasteiger charge is -2.11. The molecule has 3 rings (SSSR count). The van der Waals surface area contributed by atoms with Crippen molar-refractivity contribution < 1.29 is 19.1 Å². The first-order valence-electron chi connectivity index (χ1n) is 8.77. The number of hydrogen-bond acceptors (Lipinski definition) is 7. The van der Waals surface area contributed by atoms with Crippen LogP contribution in [0.5, 0.6) is 11.5 Å². The third-order valence-corrected chi connectivity index (χ3v) is 4.27. The summed E-state index contributed by atoms with van der Waals surface area (Å²) >= 11 is 6.17. The first-order valence-corrected chi connectivity index (χ1v) is 9.14. The minimum atomic E-state index is -0.360. The van der Waals surface area contributed by atoms with Crippen molar-refractivity contribution in [3.05, 3.63) is 41.4 Å². The average Bonchev–Trinajstić information content (AvgIpc) is 3.17. The van der Waals surface area contributed by atoms with Crippen LogP contribution in [0.4, 0.5) is 11.4 Å². The molecule has 0 aliphatic rings. The van der Waals surface area contributed by atoms with Crippen LogP contribution in [-0.4, -0.2) is 46.2 Å². The Morgan fingerprint density at radius 2 is 1.83 bits per heavy atom. The molecule has 30 heavy (non-hydrogen) atoms. The summed E-state index contributed by atoms with van der Waals surface area (Å²) in [5.41, 5.74) is 1.56. The normalized spacial score (nSPS) is 10.4. The summed E-state index contributed by atoms with van der Waals surface area (Å²) in [5.74, 6) is 0.773. The first-order chi connectivity index (χ1) is 14.4. The number of rotatable bonds is 7. The standard InChI is InChI=1S/C19H19ClN6O4/c1-11(27)21-15-6-4-12(8-14(15)20)19-23-25-26(24-19)10-18(28)22-16-7-5-13(29-2)9-17(16)30-3/h4-9H,10H2,1-3H3,(H,21,27)(H,22,28). The van der Waals surface area contributed by atoms with E-state index in [0.717, 1.165) is 4.80 Å². The largest absolute Gasteiger partial charge is 0.497 e. The van der Waals surface area contributed by atoms with Crippen LogP contribution in [0, 0.1) is 0 Å². The van der Waals surface area contributed by atoms with Crippen LogP contribution in [0.25, 0.3) is 11.4 Å². The van der Waals surface area contributed by atoms with Crippen molar-refractivity contribution in [3.63, 3.8) is 0 Å². The van der Waals surface area contributed by atoms with E-state index in [-0.39, 0.29) is 18.4 Å². The van der Waals surface area contributed by atoms with Gasteiger partial charge in [-0.05, 0) is 35.5 Å². The Balaban J connectivity index is 1.69. The zero-order valence-electron chi connectivity index (χ0n) is 16.5. The van der Waals surface area contributed by atoms with E-state index in [9.17, 15) is 9.59 Å². The highest BCUT2D eigenvalue weighted by molar-refractivity contribution is 6.34. The van der Waals surface area contributed by atoms with Crippen LogP contribution in [-0.2, 0) is 16.1 Å². The maximum Gasteiger partial charge on any atom is 0.248 e. The highest BCUT2D eigenvalue weighted by Crippen LogP contribution is 2.29. The Kier molecular flexibility index (Phi) is 6.48. The molecule has 1 aromatic heterocycles. The number of nitrogens with one attached hydrogen (secondary N) is 2. The summed E-state index contributed by atoms with van der Waals surface area (Å²) < 4.78 is 10.4. The molecule has 0 aliphatic heterocycles. The minimum absolute atomic E-state index is 0.153. The number of carbonyl (C=O) groups excluding carboxylic acids is 2. The molecule has 0 aliphatic carbocycles. The molecule has 1 heterocycles. The second-order valence-corrected chi connectivity index (χ2v) is 6.54. The number of aromatic nitrogens is 4. The number of benzene rings is 2. The van der Waals surface area contributed by atoms with Crippen molar-refractivity contribution in [2.24, 2.45) is 0 Å². The van der Waals surface area contributed by atoms with Gasteiger partial charge in [0.25, 0.3) is 0 Å². The number of nitrogens with zero attached hydrogens (tertiary/aromatic N) is 4. The average molecular weight is 431 g/mol. The number of hydrogen-bond donors (Lipinski definition) is 2. The molecule has 2 aromatic carbocycles. The second-order valence-electron chi connectivity index (χ2n) is 6.13. The van der Waals surface area contributed by atoms with E-state index in [1.165, 1.54) is 14.0 Å². The van der Waals surface area contributed by atoms with Gasteiger partial charge in [0.1, 0.15) is 18.0 Å². The maximum absolute atomic E-state index is 12.4. The molecule has 0 unspecified atom stereocenters. The predicted molar refractivity (Wildman–Crippen MR) is 111 cm³/mol. The molecule has 0 fully saturated rings. The highest BCUT2D eigenvalue weighted by atomic mass is 35.5. The Morgan fingerprint density at radius 1 is 1.07 bits per heavy atom. The summed E-state index contributed by atoms with van der Waals surface area (Å²) in [7, 11) is 3.04. The SMILES string of the molecule is COc1ccc(NC(=O)Cn2nnc(-c3ccc(NC(C)=O)c(Cl)c3)n2)c(OC)c1. The van der Waals surface area contributed by atoms with Gasteiger partial charge in [0, 0.05) is 18.6 Å². The molecule has 2 amide bonds. The van der Waals surface area contributed by atoms with Gasteiger partial charge in [-0.15, -0.1) is 10.2 Å². The molecule has 2 N–H and O–H groups in total. The Morgan fingerprint density at radius 3 is 2.50 bits per heavy atom. The zero-order chi connectivity index (χ0) is 21.7. The molecule has 0 saturated carbocycles. The van der Waals surface area contributed by atoms with Crippen LogP contribution < -0.4 is 20.1 Å². The lowest BCUT2D eigenvalue weighted by atomic mass is 10.2. The van der Waals surface area contributed by atoms with E-state index in [4.69, 9.17) is 21.1 Å². The number of halogens is 1. The van der Waals surface area contributed by atoms with Gasteiger partial charge >= 0.3 is 0 Å². The third kappa shape index (κ3) is 5.03. The fraction of sp³-hybridized carbons (Fsp3) is 0.211. The zero-order valence-corrected chi connectivity index (χ0v) is 17.2. The van der Waals surface area contributed by atoms with Gasteiger partial charge in [0.15, 0.2) is 0 Å². The van der Waals surface area contributed by atoms with Crippen molar-refractivity contribution in [2.45, 2.75) is 13.5 Å². The third-order valence-electron chi connectivity index (χ3n) is 3.96. The van der Waals surface area contributed by atoms with Crippen LogP contribution in [0.1, 0.15) is 6.92 Å². The quantitative estimate of drug-likeness (QED) is 0.591. The summed E-state index contributed by atoms with van der Waals surface area (Å²) in [6, 6.07) is 9.99. The maximum atomic E-state index is 12.4. The van der Waals surface area contributed by atoms with Crippen molar-refractivity contribution in [2.75, 3.05) is 24.9 Å². The van der Waals surface area contributed by atoms with Gasteiger partial charge in [-0.3, -0.25) is 9.59 Å². The van der Waals surface area contributed by atoms with E-state index in [1.807, 2.05) is 0 Å². The summed E-state index contributed by atoms with van der Waals surface area (Å²) in [6.45, 7) is 1.24. The molecule has 10 nitrogen and oxygen atoms in total.